The van der Waals surface area contributed by atoms with Gasteiger partial charge < -0.3 is 5.32 Å². The first-order valence-corrected chi connectivity index (χ1v) is 6.43. The smallest absolute Gasteiger partial charge is 0.0594 e. The van der Waals surface area contributed by atoms with E-state index in [0.717, 1.165) is 21.4 Å². The number of hydrogen-bond donors (Lipinski definition) is 1. The Morgan fingerprint density at radius 2 is 2.12 bits per heavy atom. The average molecular weight is 312 g/mol. The van der Waals surface area contributed by atoms with Crippen LogP contribution < -0.4 is 5.32 Å². The molecular formula is C13H12BrClN2. The second kappa shape index (κ2) is 5.52. The zero-order valence-corrected chi connectivity index (χ0v) is 11.7. The molecule has 88 valence electrons. The monoisotopic (exact) mass is 310 g/mol. The van der Waals surface area contributed by atoms with Crippen LogP contribution in [0.15, 0.2) is 41.0 Å². The fourth-order valence-corrected chi connectivity index (χ4v) is 2.01. The molecule has 0 amide bonds. The molecule has 0 saturated carbocycles. The topological polar surface area (TPSA) is 24.9 Å². The summed E-state index contributed by atoms with van der Waals surface area (Å²) in [5, 5.41) is 4.00. The maximum Gasteiger partial charge on any atom is 0.0594 e. The minimum atomic E-state index is 0.680. The van der Waals surface area contributed by atoms with Crippen LogP contribution in [0.2, 0.25) is 5.02 Å². The van der Waals surface area contributed by atoms with Gasteiger partial charge in [-0.05, 0) is 46.6 Å². The fourth-order valence-electron chi connectivity index (χ4n) is 1.43. The highest BCUT2D eigenvalue weighted by molar-refractivity contribution is 9.10. The molecule has 2 rings (SSSR count). The molecule has 1 aromatic carbocycles. The van der Waals surface area contributed by atoms with E-state index in [2.05, 4.69) is 32.3 Å². The molecule has 0 saturated heterocycles. The summed E-state index contributed by atoms with van der Waals surface area (Å²) in [6.45, 7) is 2.71. The van der Waals surface area contributed by atoms with Gasteiger partial charge in [0.1, 0.15) is 0 Å². The van der Waals surface area contributed by atoms with E-state index in [4.69, 9.17) is 11.6 Å². The summed E-state index contributed by atoms with van der Waals surface area (Å²) in [7, 11) is 0. The lowest BCUT2D eigenvalue weighted by atomic mass is 10.2. The van der Waals surface area contributed by atoms with E-state index < -0.39 is 0 Å². The van der Waals surface area contributed by atoms with E-state index in [9.17, 15) is 0 Å². The van der Waals surface area contributed by atoms with E-state index in [1.807, 2.05) is 37.4 Å². The Labute approximate surface area is 114 Å². The van der Waals surface area contributed by atoms with Crippen molar-refractivity contribution in [3.63, 3.8) is 0 Å². The third-order valence-corrected chi connectivity index (χ3v) is 3.78. The molecular weight excluding hydrogens is 300 g/mol. The SMILES string of the molecule is Cc1ccc(CNc2cccc(Cl)c2Br)nc1. The van der Waals surface area contributed by atoms with Crippen molar-refractivity contribution in [1.82, 2.24) is 4.98 Å². The van der Waals surface area contributed by atoms with Crippen molar-refractivity contribution in [2.45, 2.75) is 13.5 Å². The molecule has 0 unspecified atom stereocenters. The standard InChI is InChI=1S/C13H12BrClN2/c1-9-5-6-10(16-7-9)8-17-12-4-2-3-11(15)13(12)14/h2-7,17H,8H2,1H3. The van der Waals surface area contributed by atoms with E-state index in [0.29, 0.717) is 11.6 Å². The van der Waals surface area contributed by atoms with Gasteiger partial charge in [-0.2, -0.15) is 0 Å². The number of nitrogens with one attached hydrogen (secondary N) is 1. The van der Waals surface area contributed by atoms with E-state index in [-0.39, 0.29) is 0 Å². The third-order valence-electron chi connectivity index (χ3n) is 2.38. The van der Waals surface area contributed by atoms with E-state index in [1.54, 1.807) is 0 Å². The Kier molecular flexibility index (Phi) is 4.02. The highest BCUT2D eigenvalue weighted by Gasteiger charge is 2.03. The van der Waals surface area contributed by atoms with Gasteiger partial charge in [0.05, 0.1) is 27.4 Å². The third kappa shape index (κ3) is 3.20. The van der Waals surface area contributed by atoms with Crippen LogP contribution in [0.25, 0.3) is 0 Å². The van der Waals surface area contributed by atoms with Gasteiger partial charge in [0, 0.05) is 6.20 Å². The van der Waals surface area contributed by atoms with Crippen molar-refractivity contribution in [2.24, 2.45) is 0 Å². The molecule has 0 bridgehead atoms. The molecule has 1 N–H and O–H groups in total. The van der Waals surface area contributed by atoms with E-state index in [1.165, 1.54) is 0 Å². The first-order chi connectivity index (χ1) is 8.16. The van der Waals surface area contributed by atoms with Crippen molar-refractivity contribution in [3.05, 3.63) is 57.3 Å². The Balaban J connectivity index is 2.07. The van der Waals surface area contributed by atoms with Gasteiger partial charge in [-0.25, -0.2) is 0 Å². The summed E-state index contributed by atoms with van der Waals surface area (Å²) in [5.41, 5.74) is 3.14. The fraction of sp³-hybridized carbons (Fsp3) is 0.154. The maximum absolute atomic E-state index is 6.01. The summed E-state index contributed by atoms with van der Waals surface area (Å²) in [6.07, 6.45) is 1.87. The maximum atomic E-state index is 6.01. The summed E-state index contributed by atoms with van der Waals surface area (Å²) >= 11 is 9.46. The zero-order chi connectivity index (χ0) is 12.3. The second-order valence-electron chi connectivity index (χ2n) is 3.78. The van der Waals surface area contributed by atoms with Crippen LogP contribution >= 0.6 is 27.5 Å². The molecule has 1 aromatic heterocycles. The lowest BCUT2D eigenvalue weighted by Gasteiger charge is -2.09. The first kappa shape index (κ1) is 12.4. The van der Waals surface area contributed by atoms with Crippen LogP contribution in [0.3, 0.4) is 0 Å². The van der Waals surface area contributed by atoms with Crippen molar-refractivity contribution >= 4 is 33.2 Å². The van der Waals surface area contributed by atoms with Crippen molar-refractivity contribution in [2.75, 3.05) is 5.32 Å². The lowest BCUT2D eigenvalue weighted by Crippen LogP contribution is -2.02. The van der Waals surface area contributed by atoms with Gasteiger partial charge in [-0.15, -0.1) is 0 Å². The molecule has 0 aliphatic rings. The molecule has 0 aliphatic carbocycles. The summed E-state index contributed by atoms with van der Waals surface area (Å²) in [5.74, 6) is 0. The molecule has 0 spiro atoms. The number of aryl methyl sites for hydroxylation is 1. The Morgan fingerprint density at radius 1 is 1.29 bits per heavy atom. The summed E-state index contributed by atoms with van der Waals surface area (Å²) < 4.78 is 0.883. The first-order valence-electron chi connectivity index (χ1n) is 5.26. The van der Waals surface area contributed by atoms with Crippen LogP contribution in [0, 0.1) is 6.92 Å². The lowest BCUT2D eigenvalue weighted by molar-refractivity contribution is 1.04. The molecule has 17 heavy (non-hydrogen) atoms. The quantitative estimate of drug-likeness (QED) is 0.907. The number of aromatic nitrogens is 1. The van der Waals surface area contributed by atoms with Crippen LogP contribution in [0.5, 0.6) is 0 Å². The van der Waals surface area contributed by atoms with Crippen molar-refractivity contribution < 1.29 is 0 Å². The molecule has 0 aliphatic heterocycles. The minimum Gasteiger partial charge on any atom is -0.378 e. The van der Waals surface area contributed by atoms with Crippen LogP contribution in [0.1, 0.15) is 11.3 Å². The number of halogens is 2. The highest BCUT2D eigenvalue weighted by atomic mass is 79.9. The molecule has 2 aromatic rings. The summed E-state index contributed by atoms with van der Waals surface area (Å²) in [6, 6.07) is 9.81. The number of benzene rings is 1. The second-order valence-corrected chi connectivity index (χ2v) is 4.98. The molecule has 4 heteroatoms. The van der Waals surface area contributed by atoms with Gasteiger partial charge in [0.25, 0.3) is 0 Å². The average Bonchev–Trinajstić information content (AvgIpc) is 2.33. The predicted octanol–water partition coefficient (Wildman–Crippen LogP) is 4.42. The number of hydrogen-bond acceptors (Lipinski definition) is 2. The Hall–Kier alpha value is -1.06. The Bertz CT molecular complexity index is 511. The van der Waals surface area contributed by atoms with Crippen LogP contribution in [0.4, 0.5) is 5.69 Å². The Morgan fingerprint density at radius 3 is 2.82 bits per heavy atom. The van der Waals surface area contributed by atoms with Gasteiger partial charge in [0.2, 0.25) is 0 Å². The van der Waals surface area contributed by atoms with Crippen molar-refractivity contribution in [1.29, 1.82) is 0 Å². The van der Waals surface area contributed by atoms with Gasteiger partial charge in [-0.3, -0.25) is 4.98 Å². The summed E-state index contributed by atoms with van der Waals surface area (Å²) in [4.78, 5) is 4.33. The number of nitrogens with zero attached hydrogens (tertiary/aromatic N) is 1. The largest absolute Gasteiger partial charge is 0.378 e. The number of anilines is 1. The predicted molar refractivity (Wildman–Crippen MR) is 75.5 cm³/mol. The van der Waals surface area contributed by atoms with E-state index >= 15 is 0 Å². The molecule has 0 fully saturated rings. The molecule has 2 nitrogen and oxygen atoms in total. The minimum absolute atomic E-state index is 0.680. The number of pyridine rings is 1. The normalized spacial score (nSPS) is 10.3. The van der Waals surface area contributed by atoms with Crippen LogP contribution in [-0.4, -0.2) is 4.98 Å². The molecule has 0 atom stereocenters. The van der Waals surface area contributed by atoms with Gasteiger partial charge >= 0.3 is 0 Å². The molecule has 0 radical (unpaired) electrons. The molecule has 1 heterocycles. The van der Waals surface area contributed by atoms with Crippen LogP contribution in [-0.2, 0) is 6.54 Å². The van der Waals surface area contributed by atoms with Gasteiger partial charge in [0.15, 0.2) is 0 Å². The van der Waals surface area contributed by atoms with Crippen molar-refractivity contribution in [3.8, 4) is 0 Å². The zero-order valence-electron chi connectivity index (χ0n) is 9.37. The number of rotatable bonds is 3. The van der Waals surface area contributed by atoms with Gasteiger partial charge in [-0.1, -0.05) is 23.7 Å². The highest BCUT2D eigenvalue weighted by Crippen LogP contribution is 2.30.